The summed E-state index contributed by atoms with van der Waals surface area (Å²) in [7, 11) is 1.65. The van der Waals surface area contributed by atoms with Crippen LogP contribution in [-0.2, 0) is 4.74 Å². The smallest absolute Gasteiger partial charge is 0.407 e. The van der Waals surface area contributed by atoms with Gasteiger partial charge < -0.3 is 19.5 Å². The lowest BCUT2D eigenvalue weighted by molar-refractivity contribution is 0.0525. The van der Waals surface area contributed by atoms with Gasteiger partial charge in [-0.3, -0.25) is 0 Å². The number of amides is 1. The zero-order valence-electron chi connectivity index (χ0n) is 29.1. The number of carbonyl (C=O) groups excluding carboxylic acids is 1. The van der Waals surface area contributed by atoms with E-state index < -0.39 is 11.7 Å². The highest BCUT2D eigenvalue weighted by molar-refractivity contribution is 7.11. The number of rotatable bonds is 12. The van der Waals surface area contributed by atoms with E-state index >= 15 is 0 Å². The zero-order valence-corrected chi connectivity index (χ0v) is 29.9. The maximum Gasteiger partial charge on any atom is 0.407 e. The predicted octanol–water partition coefficient (Wildman–Crippen LogP) is 9.91. The Labute approximate surface area is 303 Å². The molecule has 7 nitrogen and oxygen atoms in total. The number of methoxy groups -OCH3 is 1. The van der Waals surface area contributed by atoms with Crippen LogP contribution in [0.2, 0.25) is 0 Å². The van der Waals surface area contributed by atoms with E-state index in [1.165, 1.54) is 11.3 Å². The first-order valence-corrected chi connectivity index (χ1v) is 17.4. The van der Waals surface area contributed by atoms with E-state index in [0.29, 0.717) is 25.1 Å². The van der Waals surface area contributed by atoms with Gasteiger partial charge in [0, 0.05) is 17.0 Å². The largest absolute Gasteiger partial charge is 0.497 e. The number of carbonyl (C=O) groups is 1. The molecule has 0 aliphatic carbocycles. The van der Waals surface area contributed by atoms with Gasteiger partial charge in [0.25, 0.3) is 0 Å². The Hall–Kier alpha value is -6.09. The maximum atomic E-state index is 11.9. The van der Waals surface area contributed by atoms with Crippen molar-refractivity contribution in [3.05, 3.63) is 159 Å². The normalized spacial score (nSPS) is 11.3. The summed E-state index contributed by atoms with van der Waals surface area (Å²) in [6, 6.07) is 42.3. The van der Waals surface area contributed by atoms with Gasteiger partial charge in [-0.2, -0.15) is 10.5 Å². The van der Waals surface area contributed by atoms with Crippen LogP contribution >= 0.6 is 11.3 Å². The predicted molar refractivity (Wildman–Crippen MR) is 203 cm³/mol. The molecule has 0 saturated heterocycles. The van der Waals surface area contributed by atoms with Crippen LogP contribution in [0, 0.1) is 22.7 Å². The molecule has 1 aromatic heterocycles. The summed E-state index contributed by atoms with van der Waals surface area (Å²) in [5, 5.41) is 24.3. The summed E-state index contributed by atoms with van der Waals surface area (Å²) in [6.07, 6.45) is 0.182. The summed E-state index contributed by atoms with van der Waals surface area (Å²) in [4.78, 5) is 12.8. The third-order valence-corrected chi connectivity index (χ3v) is 8.68. The van der Waals surface area contributed by atoms with E-state index in [4.69, 9.17) is 14.2 Å². The Morgan fingerprint density at radius 3 is 1.69 bits per heavy atom. The van der Waals surface area contributed by atoms with Gasteiger partial charge in [0.15, 0.2) is 0 Å². The molecule has 1 heterocycles. The van der Waals surface area contributed by atoms with E-state index in [2.05, 4.69) is 53.9 Å². The van der Waals surface area contributed by atoms with Crippen molar-refractivity contribution in [2.45, 2.75) is 32.8 Å². The first-order chi connectivity index (χ1) is 24.7. The Morgan fingerprint density at radius 1 is 0.686 bits per heavy atom. The summed E-state index contributed by atoms with van der Waals surface area (Å²) < 4.78 is 16.8. The Kier molecular flexibility index (Phi) is 12.1. The minimum absolute atomic E-state index is 0.0737. The maximum absolute atomic E-state index is 11.9. The molecule has 0 spiro atoms. The number of hydrogen-bond acceptors (Lipinski definition) is 7. The molecule has 5 aromatic rings. The highest BCUT2D eigenvalue weighted by atomic mass is 32.1. The molecule has 0 fully saturated rings. The molecular formula is C43H39N3O4S. The molecule has 0 aliphatic heterocycles. The van der Waals surface area contributed by atoms with Crippen molar-refractivity contribution in [3.8, 4) is 23.6 Å². The van der Waals surface area contributed by atoms with Gasteiger partial charge in [-0.05, 0) is 102 Å². The number of hydrogen-bond donors (Lipinski definition) is 1. The van der Waals surface area contributed by atoms with Crippen LogP contribution in [0.25, 0.3) is 16.7 Å². The number of alkyl carbamates (subject to hydrolysis) is 1. The molecule has 1 N–H and O–H groups in total. The van der Waals surface area contributed by atoms with Gasteiger partial charge in [-0.1, -0.05) is 84.9 Å². The van der Waals surface area contributed by atoms with Crippen molar-refractivity contribution in [1.29, 1.82) is 10.5 Å². The first kappa shape index (κ1) is 36.2. The Bertz CT molecular complexity index is 2050. The first-order valence-electron chi connectivity index (χ1n) is 16.5. The fourth-order valence-corrected chi connectivity index (χ4v) is 6.33. The molecule has 51 heavy (non-hydrogen) atoms. The molecular weight excluding hydrogens is 655 g/mol. The van der Waals surface area contributed by atoms with Gasteiger partial charge in [0.1, 0.15) is 34.8 Å². The van der Waals surface area contributed by atoms with Gasteiger partial charge in [0.05, 0.1) is 13.7 Å². The van der Waals surface area contributed by atoms with Crippen LogP contribution in [0.4, 0.5) is 4.79 Å². The lowest BCUT2D eigenvalue weighted by Gasteiger charge is -2.20. The van der Waals surface area contributed by atoms with Crippen molar-refractivity contribution >= 4 is 34.1 Å². The molecule has 0 radical (unpaired) electrons. The number of ether oxygens (including phenoxy) is 3. The molecule has 0 aliphatic rings. The number of benzene rings is 4. The second-order valence-corrected chi connectivity index (χ2v) is 13.5. The third kappa shape index (κ3) is 9.54. The lowest BCUT2D eigenvalue weighted by atomic mass is 9.85. The zero-order chi connectivity index (χ0) is 36.2. The monoisotopic (exact) mass is 693 g/mol. The van der Waals surface area contributed by atoms with Gasteiger partial charge in [0.2, 0.25) is 0 Å². The van der Waals surface area contributed by atoms with Crippen LogP contribution in [0.5, 0.6) is 11.5 Å². The van der Waals surface area contributed by atoms with Crippen molar-refractivity contribution < 1.29 is 19.0 Å². The minimum Gasteiger partial charge on any atom is -0.497 e. The third-order valence-electron chi connectivity index (χ3n) is 7.80. The highest BCUT2D eigenvalue weighted by Crippen LogP contribution is 2.39. The number of nitrogens with one attached hydrogen (secondary N) is 1. The van der Waals surface area contributed by atoms with Gasteiger partial charge >= 0.3 is 6.09 Å². The van der Waals surface area contributed by atoms with E-state index in [-0.39, 0.29) is 5.57 Å². The van der Waals surface area contributed by atoms with Crippen molar-refractivity contribution in [1.82, 2.24) is 5.32 Å². The van der Waals surface area contributed by atoms with Crippen LogP contribution in [-0.4, -0.2) is 32.0 Å². The molecule has 0 bridgehead atoms. The average Bonchev–Trinajstić information content (AvgIpc) is 3.67. The average molecular weight is 694 g/mol. The SMILES string of the molecule is COc1ccc(/C(=C(/c2ccccc2)c2ccc(C(=C(C#N)C#N)c3cccs3)cc2)c2ccc(OCCCNC(=O)OC(C)(C)C)cc2)cc1. The number of nitriles is 2. The van der Waals surface area contributed by atoms with Crippen LogP contribution in [0.1, 0.15) is 59.9 Å². The summed E-state index contributed by atoms with van der Waals surface area (Å²) in [6.45, 7) is 6.36. The number of allylic oxidation sites excluding steroid dienone is 1. The Balaban J connectivity index is 1.53. The lowest BCUT2D eigenvalue weighted by Crippen LogP contribution is -2.33. The number of thiophene rings is 1. The second kappa shape index (κ2) is 17.0. The van der Waals surface area contributed by atoms with Crippen LogP contribution in [0.3, 0.4) is 0 Å². The summed E-state index contributed by atoms with van der Waals surface area (Å²) in [5.41, 5.74) is 6.94. The molecule has 0 atom stereocenters. The van der Waals surface area contributed by atoms with Gasteiger partial charge in [-0.25, -0.2) is 4.79 Å². The molecule has 1 amide bonds. The molecule has 5 rings (SSSR count). The topological polar surface area (TPSA) is 104 Å². The van der Waals surface area contributed by atoms with E-state index in [1.54, 1.807) is 7.11 Å². The fourth-order valence-electron chi connectivity index (χ4n) is 5.53. The van der Waals surface area contributed by atoms with E-state index in [1.807, 2.05) is 105 Å². The Morgan fingerprint density at radius 2 is 1.20 bits per heavy atom. The van der Waals surface area contributed by atoms with E-state index in [0.717, 1.165) is 55.3 Å². The highest BCUT2D eigenvalue weighted by Gasteiger charge is 2.19. The number of nitrogens with zero attached hydrogens (tertiary/aromatic N) is 2. The quantitative estimate of drug-likeness (QED) is 0.0793. The second-order valence-electron chi connectivity index (χ2n) is 12.5. The van der Waals surface area contributed by atoms with Crippen molar-refractivity contribution in [3.63, 3.8) is 0 Å². The molecule has 256 valence electrons. The fraction of sp³-hybridized carbons (Fsp3) is 0.186. The van der Waals surface area contributed by atoms with Crippen molar-refractivity contribution in [2.75, 3.05) is 20.3 Å². The van der Waals surface area contributed by atoms with Crippen LogP contribution < -0.4 is 14.8 Å². The molecule has 0 saturated carbocycles. The molecule has 8 heteroatoms. The molecule has 0 unspecified atom stereocenters. The minimum atomic E-state index is -0.545. The van der Waals surface area contributed by atoms with E-state index in [9.17, 15) is 15.3 Å². The summed E-state index contributed by atoms with van der Waals surface area (Å²) >= 11 is 1.49. The van der Waals surface area contributed by atoms with Gasteiger partial charge in [-0.15, -0.1) is 11.3 Å². The summed E-state index contributed by atoms with van der Waals surface area (Å²) in [5.74, 6) is 1.47. The van der Waals surface area contributed by atoms with Crippen molar-refractivity contribution in [2.24, 2.45) is 0 Å². The van der Waals surface area contributed by atoms with Crippen LogP contribution in [0.15, 0.2) is 126 Å². The molecule has 4 aromatic carbocycles. The standard InChI is InChI=1S/C43H39N3O4S/c1-43(2,3)50-42(47)46-25-9-26-49-37-23-19-34(20-24-37)41(33-17-21-36(48-4)22-18-33)40(30-10-6-5-7-11-30)32-15-13-31(14-16-32)39(35(28-44)29-45)38-12-8-27-51-38/h5-8,10-24,27H,9,25-26H2,1-4H3,(H,46,47)/b41-40+.